The highest BCUT2D eigenvalue weighted by molar-refractivity contribution is 5.94. The summed E-state index contributed by atoms with van der Waals surface area (Å²) in [6.45, 7) is 10.2. The number of rotatable bonds is 12. The van der Waals surface area contributed by atoms with Gasteiger partial charge in [-0.1, -0.05) is 44.5 Å². The summed E-state index contributed by atoms with van der Waals surface area (Å²) in [5.74, 6) is -0.250. The van der Waals surface area contributed by atoms with Gasteiger partial charge in [-0.2, -0.15) is 0 Å². The van der Waals surface area contributed by atoms with Crippen molar-refractivity contribution in [1.29, 1.82) is 0 Å². The molecular formula is C33H46F2N6O. The molecule has 9 heteroatoms. The Kier molecular flexibility index (Phi) is 11.2. The van der Waals surface area contributed by atoms with Crippen molar-refractivity contribution in [2.45, 2.75) is 77.9 Å². The van der Waals surface area contributed by atoms with Crippen LogP contribution in [-0.2, 0) is 11.3 Å². The first-order chi connectivity index (χ1) is 20.2. The number of nitrogens with zero attached hydrogens (tertiary/aromatic N) is 3. The lowest BCUT2D eigenvalue weighted by molar-refractivity contribution is -0.118. The highest BCUT2D eigenvalue weighted by Crippen LogP contribution is 2.33. The molecule has 2 aliphatic rings. The van der Waals surface area contributed by atoms with Gasteiger partial charge in [0.05, 0.1) is 24.3 Å². The second-order valence-corrected chi connectivity index (χ2v) is 12.1. The maximum absolute atomic E-state index is 14.6. The number of para-hydroxylation sites is 1. The van der Waals surface area contributed by atoms with Gasteiger partial charge in [0.1, 0.15) is 12.2 Å². The van der Waals surface area contributed by atoms with Gasteiger partial charge in [-0.25, -0.2) is 13.8 Å². The highest BCUT2D eigenvalue weighted by atomic mass is 19.1. The van der Waals surface area contributed by atoms with Crippen LogP contribution in [0.15, 0.2) is 72.2 Å². The first kappa shape index (κ1) is 31.8. The zero-order chi connectivity index (χ0) is 30.1. The molecule has 1 aliphatic heterocycles. The topological polar surface area (TPSA) is 74.2 Å². The smallest absolute Gasteiger partial charge is 0.242 e. The Bertz CT molecular complexity index is 1300. The van der Waals surface area contributed by atoms with Crippen molar-refractivity contribution in [2.24, 2.45) is 5.41 Å². The molecule has 4 rings (SSSR count). The lowest BCUT2D eigenvalue weighted by atomic mass is 9.84. The molecule has 1 saturated carbocycles. The third kappa shape index (κ3) is 8.24. The third-order valence-electron chi connectivity index (χ3n) is 8.50. The number of hydrogen-bond acceptors (Lipinski definition) is 5. The van der Waals surface area contributed by atoms with E-state index in [1.165, 1.54) is 6.42 Å². The largest absolute Gasteiger partial charge is 0.312 e. The normalized spacial score (nSPS) is 24.4. The number of nitrogens with one attached hydrogen (secondary N) is 3. The van der Waals surface area contributed by atoms with Crippen molar-refractivity contribution < 1.29 is 13.6 Å². The molecule has 1 aliphatic carbocycles. The molecular weight excluding hydrogens is 534 g/mol. The lowest BCUT2D eigenvalue weighted by Crippen LogP contribution is -2.47. The summed E-state index contributed by atoms with van der Waals surface area (Å²) in [6.07, 6.45) is 11.0. The van der Waals surface area contributed by atoms with Crippen molar-refractivity contribution in [1.82, 2.24) is 25.1 Å². The number of halogens is 2. The molecule has 228 valence electrons. The fourth-order valence-electron chi connectivity index (χ4n) is 6.25. The van der Waals surface area contributed by atoms with Gasteiger partial charge in [-0.15, -0.1) is 0 Å². The summed E-state index contributed by atoms with van der Waals surface area (Å²) < 4.78 is 29.2. The molecule has 1 saturated heterocycles. The maximum atomic E-state index is 14.6. The van der Waals surface area contributed by atoms with Crippen molar-refractivity contribution in [2.75, 3.05) is 32.0 Å². The van der Waals surface area contributed by atoms with Crippen LogP contribution < -0.4 is 16.0 Å². The summed E-state index contributed by atoms with van der Waals surface area (Å²) in [7, 11) is 2.18. The molecule has 2 aromatic rings. The van der Waals surface area contributed by atoms with E-state index in [0.717, 1.165) is 61.9 Å². The molecule has 2 unspecified atom stereocenters. The Balaban J connectivity index is 1.39. The van der Waals surface area contributed by atoms with E-state index in [2.05, 4.69) is 51.9 Å². The Hall–Kier alpha value is -3.14. The van der Waals surface area contributed by atoms with Crippen molar-refractivity contribution >= 4 is 11.7 Å². The molecule has 0 bridgehead atoms. The lowest BCUT2D eigenvalue weighted by Gasteiger charge is -2.30. The number of benzene rings is 1. The van der Waals surface area contributed by atoms with Crippen LogP contribution in [0.25, 0.3) is 5.69 Å². The highest BCUT2D eigenvalue weighted by Gasteiger charge is 2.31. The molecule has 0 radical (unpaired) electrons. The average molecular weight is 581 g/mol. The summed E-state index contributed by atoms with van der Waals surface area (Å²) in [4.78, 5) is 20.2. The monoisotopic (exact) mass is 580 g/mol. The number of hydrogen-bond donors (Lipinski definition) is 3. The van der Waals surface area contributed by atoms with Crippen LogP contribution in [0.5, 0.6) is 0 Å². The van der Waals surface area contributed by atoms with Gasteiger partial charge in [-0.05, 0) is 80.8 Å². The molecule has 1 aromatic carbocycles. The minimum atomic E-state index is -0.560. The van der Waals surface area contributed by atoms with Gasteiger partial charge in [0.2, 0.25) is 5.91 Å². The van der Waals surface area contributed by atoms with Gasteiger partial charge in [0.15, 0.2) is 5.82 Å². The zero-order valence-corrected chi connectivity index (χ0v) is 25.4. The number of aromatic nitrogens is 2. The molecule has 42 heavy (non-hydrogen) atoms. The predicted molar refractivity (Wildman–Crippen MR) is 166 cm³/mol. The standard InChI is InChI=1S/C33H46F2N6O/c1-5-9-29(38-26-13-12-24(6-2)27(18-26)28(35)14-16-34)32(42)39-31-20-41(23-37-31)30-11-8-7-10-25(30)19-36-21-33(3)15-17-40(4)22-33/h6-8,10-11,14,16,20,23,26,29,36,38H,5,9,12-13,15,17-19,21-22H2,1-4H3,(H,39,42)/b16-14+,24-6-,28-27+/t26?,29-,33?/m0/s1. The molecule has 3 N–H and O–H groups in total. The summed E-state index contributed by atoms with van der Waals surface area (Å²) in [5.41, 5.74) is 3.85. The number of carbonyl (C=O) groups is 1. The molecule has 3 atom stereocenters. The Morgan fingerprint density at radius 3 is 2.83 bits per heavy atom. The first-order valence-electron chi connectivity index (χ1n) is 15.1. The molecule has 2 heterocycles. The van der Waals surface area contributed by atoms with Crippen LogP contribution in [0.3, 0.4) is 0 Å². The fraction of sp³-hybridized carbons (Fsp3) is 0.515. The van der Waals surface area contributed by atoms with Crippen LogP contribution in [0.2, 0.25) is 0 Å². The van der Waals surface area contributed by atoms with Gasteiger partial charge < -0.3 is 25.4 Å². The predicted octanol–water partition coefficient (Wildman–Crippen LogP) is 6.21. The molecule has 2 fully saturated rings. The zero-order valence-electron chi connectivity index (χ0n) is 25.4. The van der Waals surface area contributed by atoms with E-state index in [1.54, 1.807) is 6.33 Å². The van der Waals surface area contributed by atoms with Crippen LogP contribution in [0, 0.1) is 5.41 Å². The number of imidazole rings is 1. The van der Waals surface area contributed by atoms with Crippen LogP contribution in [-0.4, -0.2) is 59.1 Å². The van der Waals surface area contributed by atoms with Gasteiger partial charge in [-0.3, -0.25) is 4.79 Å². The summed E-state index contributed by atoms with van der Waals surface area (Å²) in [5, 5.41) is 10.1. The Morgan fingerprint density at radius 1 is 1.31 bits per heavy atom. The number of anilines is 1. The molecule has 1 amide bonds. The van der Waals surface area contributed by atoms with Crippen molar-refractivity contribution in [3.8, 4) is 5.69 Å². The van der Waals surface area contributed by atoms with E-state index in [4.69, 9.17) is 0 Å². The van der Waals surface area contributed by atoms with E-state index in [1.807, 2.05) is 42.8 Å². The fourth-order valence-corrected chi connectivity index (χ4v) is 6.25. The molecule has 7 nitrogen and oxygen atoms in total. The number of likely N-dealkylation sites (tertiary alicyclic amines) is 1. The van der Waals surface area contributed by atoms with Gasteiger partial charge in [0, 0.05) is 31.8 Å². The molecule has 0 spiro atoms. The Labute approximate surface area is 249 Å². The number of carbonyl (C=O) groups excluding carboxylic acids is 1. The van der Waals surface area contributed by atoms with E-state index in [0.29, 0.717) is 30.7 Å². The van der Waals surface area contributed by atoms with E-state index in [9.17, 15) is 13.6 Å². The van der Waals surface area contributed by atoms with Crippen LogP contribution in [0.1, 0.15) is 64.9 Å². The van der Waals surface area contributed by atoms with Crippen LogP contribution >= 0.6 is 0 Å². The van der Waals surface area contributed by atoms with E-state index < -0.39 is 11.9 Å². The van der Waals surface area contributed by atoms with E-state index in [-0.39, 0.29) is 23.7 Å². The third-order valence-corrected chi connectivity index (χ3v) is 8.50. The average Bonchev–Trinajstić information content (AvgIpc) is 3.58. The van der Waals surface area contributed by atoms with Crippen molar-refractivity contribution in [3.05, 3.63) is 77.8 Å². The second-order valence-electron chi connectivity index (χ2n) is 12.1. The molecule has 1 aromatic heterocycles. The number of amides is 1. The van der Waals surface area contributed by atoms with Gasteiger partial charge >= 0.3 is 0 Å². The van der Waals surface area contributed by atoms with Crippen molar-refractivity contribution in [3.63, 3.8) is 0 Å². The minimum Gasteiger partial charge on any atom is -0.312 e. The Morgan fingerprint density at radius 2 is 2.12 bits per heavy atom. The number of allylic oxidation sites excluding steroid dienone is 4. The van der Waals surface area contributed by atoms with Gasteiger partial charge in [0.25, 0.3) is 0 Å². The summed E-state index contributed by atoms with van der Waals surface area (Å²) >= 11 is 0. The quantitative estimate of drug-likeness (QED) is 0.279. The second kappa shape index (κ2) is 14.8. The summed E-state index contributed by atoms with van der Waals surface area (Å²) in [6, 6.07) is 7.67. The maximum Gasteiger partial charge on any atom is 0.242 e. The minimum absolute atomic E-state index is 0.0893. The van der Waals surface area contributed by atoms with E-state index >= 15 is 0 Å². The first-order valence-corrected chi connectivity index (χ1v) is 15.1. The SMILES string of the molecule is C/C=C1/CCC(N[C@@H](CCC)C(=O)Nc2cn(-c3ccccc3CNCC3(C)CCN(C)C3)cn2)C/C1=C(F)/C=C/F. The van der Waals surface area contributed by atoms with Crippen LogP contribution in [0.4, 0.5) is 14.6 Å².